The molecule has 0 bridgehead atoms. The van der Waals surface area contributed by atoms with E-state index in [1.54, 1.807) is 11.3 Å². The first-order chi connectivity index (χ1) is 22.8. The minimum atomic E-state index is -0.662. The van der Waals surface area contributed by atoms with Gasteiger partial charge in [0.15, 0.2) is 0 Å². The van der Waals surface area contributed by atoms with E-state index < -0.39 is 12.1 Å². The molecule has 11 nitrogen and oxygen atoms in total. The lowest BCUT2D eigenvalue weighted by Gasteiger charge is -2.30. The minimum Gasteiger partial charge on any atom is -0.453 e. The molecule has 3 aromatic heterocycles. The van der Waals surface area contributed by atoms with Crippen molar-refractivity contribution in [1.82, 2.24) is 35.1 Å². The van der Waals surface area contributed by atoms with Gasteiger partial charge < -0.3 is 29.8 Å². The number of likely N-dealkylation sites (tertiary alicyclic amines) is 2. The largest absolute Gasteiger partial charge is 0.453 e. The molecule has 2 saturated heterocycles. The molecule has 2 aromatic carbocycles. The third-order valence-electron chi connectivity index (χ3n) is 9.96. The molecule has 3 amide bonds. The normalized spacial score (nSPS) is 19.5. The number of rotatable bonds is 7. The van der Waals surface area contributed by atoms with Gasteiger partial charge in [0.25, 0.3) is 0 Å². The van der Waals surface area contributed by atoms with Crippen LogP contribution < -0.4 is 5.32 Å². The molecular formula is C35H37N7O4S. The van der Waals surface area contributed by atoms with Crippen molar-refractivity contribution in [3.8, 4) is 21.0 Å². The van der Waals surface area contributed by atoms with Gasteiger partial charge in [0.1, 0.15) is 17.7 Å². The number of methoxy groups -OCH3 is 1. The van der Waals surface area contributed by atoms with Crippen molar-refractivity contribution >= 4 is 51.6 Å². The second kappa shape index (κ2) is 11.5. The number of hydrogen-bond donors (Lipinski definition) is 3. The molecule has 12 heteroatoms. The SMILES string of the molecule is COC(=O)N[C@H](C(=O)N1CCC[C@H]1c1nc2c([nH]1)-c1sc(-c3ccc4c(ccc5nc([C@@H]6CCCN6C=O)[nH]c54)c3)cc1C2)C(C)C. The molecule has 2 fully saturated rings. The molecule has 0 spiro atoms. The third-order valence-corrected chi connectivity index (χ3v) is 11.2. The first-order valence-electron chi connectivity index (χ1n) is 16.3. The molecule has 3 atom stereocenters. The maximum atomic E-state index is 13.6. The Kier molecular flexibility index (Phi) is 7.27. The highest BCUT2D eigenvalue weighted by Gasteiger charge is 2.39. The van der Waals surface area contributed by atoms with E-state index in [1.807, 2.05) is 23.6 Å². The number of alkyl carbamates (subject to hydrolysis) is 1. The predicted molar refractivity (Wildman–Crippen MR) is 180 cm³/mol. The number of amides is 3. The molecule has 242 valence electrons. The van der Waals surface area contributed by atoms with Gasteiger partial charge in [-0.3, -0.25) is 9.59 Å². The third kappa shape index (κ3) is 4.97. The topological polar surface area (TPSA) is 136 Å². The van der Waals surface area contributed by atoms with Crippen LogP contribution in [0, 0.1) is 5.92 Å². The van der Waals surface area contributed by atoms with Crippen molar-refractivity contribution in [2.24, 2.45) is 5.92 Å². The van der Waals surface area contributed by atoms with Gasteiger partial charge in [0.2, 0.25) is 12.3 Å². The van der Waals surface area contributed by atoms with Gasteiger partial charge >= 0.3 is 6.09 Å². The summed E-state index contributed by atoms with van der Waals surface area (Å²) in [6.45, 7) is 5.24. The van der Waals surface area contributed by atoms with Crippen molar-refractivity contribution in [3.63, 3.8) is 0 Å². The summed E-state index contributed by atoms with van der Waals surface area (Å²) in [5.41, 5.74) is 6.40. The number of aromatic nitrogens is 4. The van der Waals surface area contributed by atoms with Crippen molar-refractivity contribution in [3.05, 3.63) is 59.3 Å². The number of carbonyl (C=O) groups excluding carboxylic acids is 3. The van der Waals surface area contributed by atoms with Gasteiger partial charge in [0, 0.05) is 29.8 Å². The summed E-state index contributed by atoms with van der Waals surface area (Å²) in [7, 11) is 1.31. The quantitative estimate of drug-likeness (QED) is 0.179. The average Bonchev–Trinajstić information content (AvgIpc) is 3.91. The zero-order valence-corrected chi connectivity index (χ0v) is 27.4. The highest BCUT2D eigenvalue weighted by atomic mass is 32.1. The highest BCUT2D eigenvalue weighted by Crippen LogP contribution is 2.46. The lowest BCUT2D eigenvalue weighted by Crippen LogP contribution is -2.51. The first kappa shape index (κ1) is 29.7. The first-order valence-corrected chi connectivity index (χ1v) is 17.1. The Morgan fingerprint density at radius 2 is 1.85 bits per heavy atom. The Labute approximate surface area is 275 Å². The number of H-pyrrole nitrogens is 2. The summed E-state index contributed by atoms with van der Waals surface area (Å²) in [6, 6.07) is 12.2. The monoisotopic (exact) mass is 651 g/mol. The smallest absolute Gasteiger partial charge is 0.407 e. The summed E-state index contributed by atoms with van der Waals surface area (Å²) in [6.07, 6.45) is 4.69. The van der Waals surface area contributed by atoms with Crippen molar-refractivity contribution in [2.75, 3.05) is 20.2 Å². The van der Waals surface area contributed by atoms with Gasteiger partial charge in [-0.2, -0.15) is 0 Å². The Hall–Kier alpha value is -4.71. The van der Waals surface area contributed by atoms with Crippen LogP contribution in [0.1, 0.15) is 74.5 Å². The number of nitrogens with one attached hydrogen (secondary N) is 3. The summed E-state index contributed by atoms with van der Waals surface area (Å²) in [5, 5.41) is 4.97. The van der Waals surface area contributed by atoms with E-state index in [4.69, 9.17) is 14.7 Å². The molecule has 5 heterocycles. The molecule has 0 unspecified atom stereocenters. The number of carbonyl (C=O) groups is 3. The maximum Gasteiger partial charge on any atom is 0.407 e. The van der Waals surface area contributed by atoms with Crippen LogP contribution >= 0.6 is 11.3 Å². The number of imidazole rings is 2. The molecule has 0 radical (unpaired) electrons. The lowest BCUT2D eigenvalue weighted by atomic mass is 10.0. The molecule has 47 heavy (non-hydrogen) atoms. The Morgan fingerprint density at radius 1 is 1.04 bits per heavy atom. The molecule has 0 saturated carbocycles. The summed E-state index contributed by atoms with van der Waals surface area (Å²) < 4.78 is 4.77. The van der Waals surface area contributed by atoms with Crippen LogP contribution in [0.5, 0.6) is 0 Å². The summed E-state index contributed by atoms with van der Waals surface area (Å²) >= 11 is 1.76. The van der Waals surface area contributed by atoms with Crippen LogP contribution in [0.4, 0.5) is 4.79 Å². The van der Waals surface area contributed by atoms with Crippen molar-refractivity contribution in [1.29, 1.82) is 0 Å². The van der Waals surface area contributed by atoms with E-state index >= 15 is 0 Å². The van der Waals surface area contributed by atoms with Gasteiger partial charge in [-0.1, -0.05) is 32.0 Å². The standard InChI is InChI=1S/C35H37N7O4S/c1-18(2)28(40-35(45)46-3)34(44)42-13-5-7-26(42)33-37-24-15-21-16-27(47-31(21)30(24)39-33)20-8-10-22-19(14-20)9-11-23-29(22)38-32(36-23)25-6-4-12-41(25)17-43/h8-11,14,16-18,25-26,28H,4-7,12-13,15H2,1-3H3,(H,36,38)(H,37,39)(H,40,45)/t25-,26-,28-/m0/s1. The molecular weight excluding hydrogens is 614 g/mol. The van der Waals surface area contributed by atoms with E-state index in [1.165, 1.54) is 22.4 Å². The van der Waals surface area contributed by atoms with E-state index in [0.29, 0.717) is 6.54 Å². The summed E-state index contributed by atoms with van der Waals surface area (Å²) in [4.78, 5) is 60.2. The minimum absolute atomic E-state index is 0.00776. The second-order valence-electron chi connectivity index (χ2n) is 13.2. The van der Waals surface area contributed by atoms with Crippen LogP contribution in [0.15, 0.2) is 36.4 Å². The van der Waals surface area contributed by atoms with E-state index in [-0.39, 0.29) is 23.9 Å². The van der Waals surface area contributed by atoms with E-state index in [0.717, 1.165) is 95.5 Å². The Bertz CT molecular complexity index is 2040. The van der Waals surface area contributed by atoms with E-state index in [9.17, 15) is 14.4 Å². The molecule has 3 N–H and O–H groups in total. The number of nitrogens with zero attached hydrogens (tertiary/aromatic N) is 4. The van der Waals surface area contributed by atoms with Gasteiger partial charge in [-0.15, -0.1) is 11.3 Å². The number of ether oxygens (including phenoxy) is 1. The zero-order chi connectivity index (χ0) is 32.4. The molecule has 5 aromatic rings. The number of fused-ring (bicyclic) bond motifs is 6. The predicted octanol–water partition coefficient (Wildman–Crippen LogP) is 6.08. The van der Waals surface area contributed by atoms with Crippen molar-refractivity contribution in [2.45, 2.75) is 64.1 Å². The zero-order valence-electron chi connectivity index (χ0n) is 26.6. The Morgan fingerprint density at radius 3 is 2.66 bits per heavy atom. The van der Waals surface area contributed by atoms with Crippen LogP contribution in [0.3, 0.4) is 0 Å². The molecule has 3 aliphatic rings. The second-order valence-corrected chi connectivity index (χ2v) is 14.2. The average molecular weight is 652 g/mol. The fourth-order valence-electron chi connectivity index (χ4n) is 7.54. The fraction of sp³-hybridized carbons (Fsp3) is 0.400. The lowest BCUT2D eigenvalue weighted by molar-refractivity contribution is -0.135. The van der Waals surface area contributed by atoms with Crippen LogP contribution in [-0.4, -0.2) is 74.4 Å². The number of aromatic amines is 2. The van der Waals surface area contributed by atoms with E-state index in [2.05, 4.69) is 51.7 Å². The van der Waals surface area contributed by atoms with Crippen LogP contribution in [0.25, 0.3) is 42.8 Å². The number of hydrogen-bond acceptors (Lipinski definition) is 7. The molecule has 2 aliphatic heterocycles. The molecule has 8 rings (SSSR count). The maximum absolute atomic E-state index is 13.6. The van der Waals surface area contributed by atoms with Gasteiger partial charge in [-0.05, 0) is 66.3 Å². The van der Waals surface area contributed by atoms with Gasteiger partial charge in [0.05, 0.1) is 46.5 Å². The Balaban J connectivity index is 1.05. The highest BCUT2D eigenvalue weighted by molar-refractivity contribution is 7.19. The number of benzene rings is 2. The van der Waals surface area contributed by atoms with Crippen LogP contribution in [-0.2, 0) is 20.7 Å². The van der Waals surface area contributed by atoms with Crippen molar-refractivity contribution < 1.29 is 19.1 Å². The number of thiophene rings is 1. The fourth-order valence-corrected chi connectivity index (χ4v) is 8.74. The van der Waals surface area contributed by atoms with Gasteiger partial charge in [-0.25, -0.2) is 14.8 Å². The summed E-state index contributed by atoms with van der Waals surface area (Å²) in [5.74, 6) is 1.48. The molecule has 1 aliphatic carbocycles. The van der Waals surface area contributed by atoms with Crippen LogP contribution in [0.2, 0.25) is 0 Å².